The number of nitrogens with zero attached hydrogens (tertiary/aromatic N) is 1. The molecule has 1 aromatic rings. The van der Waals surface area contributed by atoms with Gasteiger partial charge in [0.05, 0.1) is 6.54 Å². The first kappa shape index (κ1) is 15.6. The van der Waals surface area contributed by atoms with Crippen LogP contribution in [0.15, 0.2) is 24.3 Å². The molecule has 1 heterocycles. The van der Waals surface area contributed by atoms with Crippen LogP contribution in [0, 0.1) is 5.92 Å². The van der Waals surface area contributed by atoms with Gasteiger partial charge in [-0.05, 0) is 49.4 Å². The smallest absolute Gasteiger partial charge is 0.319 e. The first-order valence-corrected chi connectivity index (χ1v) is 8.29. The lowest BCUT2D eigenvalue weighted by atomic mass is 10.2. The molecule has 3 amide bonds. The number of benzene rings is 1. The van der Waals surface area contributed by atoms with Crippen molar-refractivity contribution in [2.75, 3.05) is 29.9 Å². The van der Waals surface area contributed by atoms with E-state index in [1.165, 1.54) is 12.1 Å². The Kier molecular flexibility index (Phi) is 4.69. The highest BCUT2D eigenvalue weighted by molar-refractivity contribution is 5.92. The Balaban J connectivity index is 1.43. The van der Waals surface area contributed by atoms with E-state index in [4.69, 9.17) is 0 Å². The molecule has 1 aliphatic carbocycles. The molecule has 23 heavy (non-hydrogen) atoms. The van der Waals surface area contributed by atoms with Gasteiger partial charge in [-0.15, -0.1) is 0 Å². The van der Waals surface area contributed by atoms with Crippen molar-refractivity contribution in [3.05, 3.63) is 24.3 Å². The van der Waals surface area contributed by atoms with Crippen LogP contribution in [-0.2, 0) is 4.79 Å². The molecular weight excluding hydrogens is 292 g/mol. The molecule has 1 saturated heterocycles. The van der Waals surface area contributed by atoms with E-state index in [1.54, 1.807) is 0 Å². The van der Waals surface area contributed by atoms with Crippen LogP contribution < -0.4 is 20.9 Å². The highest BCUT2D eigenvalue weighted by Gasteiger charge is 2.23. The lowest BCUT2D eigenvalue weighted by molar-refractivity contribution is -0.120. The topological polar surface area (TPSA) is 73.5 Å². The van der Waals surface area contributed by atoms with Crippen molar-refractivity contribution in [2.45, 2.75) is 32.2 Å². The Morgan fingerprint density at radius 1 is 1.17 bits per heavy atom. The Morgan fingerprint density at radius 2 is 1.91 bits per heavy atom. The van der Waals surface area contributed by atoms with Gasteiger partial charge in [-0.3, -0.25) is 4.79 Å². The Bertz CT molecular complexity index is 568. The van der Waals surface area contributed by atoms with Crippen molar-refractivity contribution in [3.63, 3.8) is 0 Å². The Morgan fingerprint density at radius 3 is 2.52 bits per heavy atom. The molecule has 1 saturated carbocycles. The van der Waals surface area contributed by atoms with Gasteiger partial charge in [-0.25, -0.2) is 4.79 Å². The van der Waals surface area contributed by atoms with Gasteiger partial charge in [0.1, 0.15) is 0 Å². The lowest BCUT2D eigenvalue weighted by Crippen LogP contribution is -2.39. The predicted octanol–water partition coefficient (Wildman–Crippen LogP) is 1.93. The molecule has 1 aromatic carbocycles. The Hall–Kier alpha value is -2.24. The molecule has 124 valence electrons. The summed E-state index contributed by atoms with van der Waals surface area (Å²) in [5, 5.41) is 8.14. The van der Waals surface area contributed by atoms with Gasteiger partial charge < -0.3 is 20.9 Å². The van der Waals surface area contributed by atoms with Crippen LogP contribution in [0.3, 0.4) is 0 Å². The van der Waals surface area contributed by atoms with Crippen molar-refractivity contribution in [1.82, 2.24) is 10.6 Å². The monoisotopic (exact) mass is 316 g/mol. The highest BCUT2D eigenvalue weighted by atomic mass is 16.2. The SMILES string of the molecule is CC1CCN(c2ccc(NC(=O)NCC(=O)NC3CC3)cc2)C1. The third kappa shape index (κ3) is 4.61. The van der Waals surface area contributed by atoms with Gasteiger partial charge in [-0.2, -0.15) is 0 Å². The molecule has 2 aliphatic rings. The third-order valence-electron chi connectivity index (χ3n) is 4.27. The van der Waals surface area contributed by atoms with Crippen LogP contribution >= 0.6 is 0 Å². The summed E-state index contributed by atoms with van der Waals surface area (Å²) in [7, 11) is 0. The molecule has 1 atom stereocenters. The van der Waals surface area contributed by atoms with Crippen LogP contribution in [0.25, 0.3) is 0 Å². The van der Waals surface area contributed by atoms with Gasteiger partial charge in [0.15, 0.2) is 0 Å². The molecule has 0 radical (unpaired) electrons. The van der Waals surface area contributed by atoms with Crippen LogP contribution in [0.4, 0.5) is 16.2 Å². The first-order valence-electron chi connectivity index (χ1n) is 8.29. The van der Waals surface area contributed by atoms with Gasteiger partial charge >= 0.3 is 6.03 Å². The number of urea groups is 1. The summed E-state index contributed by atoms with van der Waals surface area (Å²) in [6.07, 6.45) is 3.31. The summed E-state index contributed by atoms with van der Waals surface area (Å²) >= 11 is 0. The van der Waals surface area contributed by atoms with Crippen molar-refractivity contribution in [3.8, 4) is 0 Å². The number of carbonyl (C=O) groups excluding carboxylic acids is 2. The number of hydrogen-bond acceptors (Lipinski definition) is 3. The largest absolute Gasteiger partial charge is 0.371 e. The quantitative estimate of drug-likeness (QED) is 0.777. The predicted molar refractivity (Wildman–Crippen MR) is 90.6 cm³/mol. The highest BCUT2D eigenvalue weighted by Crippen LogP contribution is 2.24. The van der Waals surface area contributed by atoms with Crippen molar-refractivity contribution < 1.29 is 9.59 Å². The van der Waals surface area contributed by atoms with E-state index in [1.807, 2.05) is 24.3 Å². The van der Waals surface area contributed by atoms with E-state index < -0.39 is 0 Å². The average Bonchev–Trinajstić information content (AvgIpc) is 3.24. The molecule has 0 bridgehead atoms. The summed E-state index contributed by atoms with van der Waals surface area (Å²) in [6, 6.07) is 7.78. The van der Waals surface area contributed by atoms with E-state index in [2.05, 4.69) is 27.8 Å². The van der Waals surface area contributed by atoms with E-state index in [9.17, 15) is 9.59 Å². The molecule has 6 nitrogen and oxygen atoms in total. The first-order chi connectivity index (χ1) is 11.1. The molecule has 2 fully saturated rings. The fourth-order valence-corrected chi connectivity index (χ4v) is 2.77. The zero-order valence-corrected chi connectivity index (χ0v) is 13.5. The number of anilines is 2. The fraction of sp³-hybridized carbons (Fsp3) is 0.529. The molecule has 0 aromatic heterocycles. The third-order valence-corrected chi connectivity index (χ3v) is 4.27. The number of amides is 3. The van der Waals surface area contributed by atoms with E-state index in [0.29, 0.717) is 6.04 Å². The van der Waals surface area contributed by atoms with Gasteiger partial charge in [0.2, 0.25) is 5.91 Å². The van der Waals surface area contributed by atoms with E-state index in [0.717, 1.165) is 37.5 Å². The number of hydrogen-bond donors (Lipinski definition) is 3. The molecule has 3 rings (SSSR count). The number of carbonyl (C=O) groups is 2. The summed E-state index contributed by atoms with van der Waals surface area (Å²) in [5.74, 6) is 0.599. The van der Waals surface area contributed by atoms with Gasteiger partial charge in [0.25, 0.3) is 0 Å². The van der Waals surface area contributed by atoms with Crippen LogP contribution in [0.5, 0.6) is 0 Å². The molecule has 6 heteroatoms. The van der Waals surface area contributed by atoms with Crippen molar-refractivity contribution in [2.24, 2.45) is 5.92 Å². The average molecular weight is 316 g/mol. The maximum atomic E-state index is 11.8. The van der Waals surface area contributed by atoms with Crippen LogP contribution in [-0.4, -0.2) is 37.6 Å². The Labute approximate surface area is 136 Å². The van der Waals surface area contributed by atoms with Crippen LogP contribution in [0.2, 0.25) is 0 Å². The molecular formula is C17H24N4O2. The second-order valence-corrected chi connectivity index (χ2v) is 6.54. The maximum absolute atomic E-state index is 11.8. The normalized spacial score (nSPS) is 20.2. The standard InChI is InChI=1S/C17H24N4O2/c1-12-8-9-21(11-12)15-6-4-14(5-7-15)20-17(23)18-10-16(22)19-13-2-3-13/h4-7,12-13H,2-3,8-11H2,1H3,(H,19,22)(H2,18,20,23). The lowest BCUT2D eigenvalue weighted by Gasteiger charge is -2.18. The molecule has 1 unspecified atom stereocenters. The maximum Gasteiger partial charge on any atom is 0.319 e. The van der Waals surface area contributed by atoms with E-state index >= 15 is 0 Å². The van der Waals surface area contributed by atoms with Crippen LogP contribution in [0.1, 0.15) is 26.2 Å². The summed E-state index contributed by atoms with van der Waals surface area (Å²) in [4.78, 5) is 25.7. The molecule has 0 spiro atoms. The number of rotatable bonds is 5. The summed E-state index contributed by atoms with van der Waals surface area (Å²) in [6.45, 7) is 4.44. The van der Waals surface area contributed by atoms with Crippen molar-refractivity contribution >= 4 is 23.3 Å². The van der Waals surface area contributed by atoms with Crippen molar-refractivity contribution in [1.29, 1.82) is 0 Å². The molecule has 3 N–H and O–H groups in total. The summed E-state index contributed by atoms with van der Waals surface area (Å²) in [5.41, 5.74) is 1.91. The summed E-state index contributed by atoms with van der Waals surface area (Å²) < 4.78 is 0. The molecule has 1 aliphatic heterocycles. The number of nitrogens with one attached hydrogen (secondary N) is 3. The second-order valence-electron chi connectivity index (χ2n) is 6.54. The van der Waals surface area contributed by atoms with Gasteiger partial charge in [-0.1, -0.05) is 6.92 Å². The second kappa shape index (κ2) is 6.89. The van der Waals surface area contributed by atoms with Gasteiger partial charge in [0, 0.05) is 30.5 Å². The minimum Gasteiger partial charge on any atom is -0.371 e. The fourth-order valence-electron chi connectivity index (χ4n) is 2.77. The zero-order chi connectivity index (χ0) is 16.2. The minimum absolute atomic E-state index is 0.00603. The van der Waals surface area contributed by atoms with E-state index in [-0.39, 0.29) is 18.5 Å². The zero-order valence-electron chi connectivity index (χ0n) is 13.5. The minimum atomic E-state index is -0.363.